The van der Waals surface area contributed by atoms with Crippen LogP contribution in [0.5, 0.6) is 0 Å². The van der Waals surface area contributed by atoms with Crippen LogP contribution in [0.15, 0.2) is 28.7 Å². The predicted molar refractivity (Wildman–Crippen MR) is 75.2 cm³/mol. The van der Waals surface area contributed by atoms with E-state index in [0.717, 1.165) is 11.1 Å². The lowest BCUT2D eigenvalue weighted by Crippen LogP contribution is -2.41. The molecule has 4 nitrogen and oxygen atoms in total. The van der Waals surface area contributed by atoms with Gasteiger partial charge in [-0.25, -0.2) is 0 Å². The maximum atomic E-state index is 5.77. The first kappa shape index (κ1) is 11.3. The molecule has 2 saturated heterocycles. The van der Waals surface area contributed by atoms with Crippen molar-refractivity contribution in [2.75, 3.05) is 18.4 Å². The van der Waals surface area contributed by atoms with Crippen LogP contribution in [0.1, 0.15) is 25.7 Å². The number of piperidine rings is 1. The molecule has 2 aromatic rings. The van der Waals surface area contributed by atoms with Crippen LogP contribution >= 0.6 is 0 Å². The Morgan fingerprint density at radius 2 is 2.11 bits per heavy atom. The Morgan fingerprint density at radius 3 is 3.05 bits per heavy atom. The third-order valence-electron chi connectivity index (χ3n) is 4.46. The molecule has 0 amide bonds. The first-order chi connectivity index (χ1) is 9.40. The third-order valence-corrected chi connectivity index (χ3v) is 4.46. The van der Waals surface area contributed by atoms with Gasteiger partial charge in [-0.2, -0.15) is 4.98 Å². The van der Waals surface area contributed by atoms with Gasteiger partial charge in [0.25, 0.3) is 6.01 Å². The highest BCUT2D eigenvalue weighted by Crippen LogP contribution is 2.29. The van der Waals surface area contributed by atoms with Crippen LogP contribution in [0.25, 0.3) is 11.1 Å². The summed E-state index contributed by atoms with van der Waals surface area (Å²) in [6.45, 7) is 2.47. The van der Waals surface area contributed by atoms with Gasteiger partial charge in [0.05, 0.1) is 0 Å². The lowest BCUT2D eigenvalue weighted by atomic mass is 9.99. The van der Waals surface area contributed by atoms with Crippen LogP contribution in [0.3, 0.4) is 0 Å². The maximum Gasteiger partial charge on any atom is 0.295 e. The van der Waals surface area contributed by atoms with Crippen molar-refractivity contribution < 1.29 is 4.42 Å². The second kappa shape index (κ2) is 4.53. The Morgan fingerprint density at radius 1 is 1.16 bits per heavy atom. The molecule has 4 heteroatoms. The van der Waals surface area contributed by atoms with Gasteiger partial charge in [-0.15, -0.1) is 0 Å². The van der Waals surface area contributed by atoms with E-state index in [4.69, 9.17) is 4.42 Å². The van der Waals surface area contributed by atoms with Crippen molar-refractivity contribution in [3.8, 4) is 0 Å². The van der Waals surface area contributed by atoms with E-state index < -0.39 is 0 Å². The van der Waals surface area contributed by atoms with Crippen molar-refractivity contribution in [1.82, 2.24) is 9.88 Å². The van der Waals surface area contributed by atoms with Gasteiger partial charge in [-0.05, 0) is 37.9 Å². The van der Waals surface area contributed by atoms with Gasteiger partial charge < -0.3 is 9.73 Å². The monoisotopic (exact) mass is 257 g/mol. The van der Waals surface area contributed by atoms with Gasteiger partial charge in [-0.3, -0.25) is 4.90 Å². The Balaban J connectivity index is 1.54. The van der Waals surface area contributed by atoms with Crippen LogP contribution in [-0.2, 0) is 0 Å². The molecular weight excluding hydrogens is 238 g/mol. The van der Waals surface area contributed by atoms with Crippen LogP contribution in [-0.4, -0.2) is 35.1 Å². The number of para-hydroxylation sites is 2. The number of anilines is 1. The highest BCUT2D eigenvalue weighted by Gasteiger charge is 2.36. The largest absolute Gasteiger partial charge is 0.424 e. The van der Waals surface area contributed by atoms with Crippen molar-refractivity contribution >= 4 is 17.1 Å². The van der Waals surface area contributed by atoms with Crippen molar-refractivity contribution in [2.24, 2.45) is 0 Å². The van der Waals surface area contributed by atoms with E-state index >= 15 is 0 Å². The molecule has 0 unspecified atom stereocenters. The third kappa shape index (κ3) is 2.00. The molecule has 0 bridgehead atoms. The van der Waals surface area contributed by atoms with Gasteiger partial charge in [0, 0.05) is 18.6 Å². The van der Waals surface area contributed by atoms with E-state index in [1.807, 2.05) is 24.3 Å². The number of oxazole rings is 1. The molecule has 4 rings (SSSR count). The molecular formula is C15H19N3O. The van der Waals surface area contributed by atoms with Crippen molar-refractivity contribution in [1.29, 1.82) is 0 Å². The van der Waals surface area contributed by atoms with E-state index in [1.165, 1.54) is 38.8 Å². The molecule has 0 aliphatic carbocycles. The molecule has 1 aromatic heterocycles. The molecule has 0 saturated carbocycles. The summed E-state index contributed by atoms with van der Waals surface area (Å²) in [7, 11) is 0. The zero-order valence-electron chi connectivity index (χ0n) is 11.0. The number of nitrogens with one attached hydrogen (secondary N) is 1. The highest BCUT2D eigenvalue weighted by molar-refractivity contribution is 5.74. The molecule has 0 spiro atoms. The Bertz CT molecular complexity index is 547. The van der Waals surface area contributed by atoms with Crippen molar-refractivity contribution in [2.45, 2.75) is 37.8 Å². The van der Waals surface area contributed by atoms with Crippen molar-refractivity contribution in [3.05, 3.63) is 24.3 Å². The minimum absolute atomic E-state index is 0.494. The van der Waals surface area contributed by atoms with Gasteiger partial charge in [-0.1, -0.05) is 18.6 Å². The average molecular weight is 257 g/mol. The topological polar surface area (TPSA) is 41.3 Å². The molecule has 2 fully saturated rings. The average Bonchev–Trinajstić information content (AvgIpc) is 3.03. The van der Waals surface area contributed by atoms with Gasteiger partial charge in [0.1, 0.15) is 5.52 Å². The van der Waals surface area contributed by atoms with Crippen molar-refractivity contribution in [3.63, 3.8) is 0 Å². The molecule has 100 valence electrons. The zero-order chi connectivity index (χ0) is 12.7. The quantitative estimate of drug-likeness (QED) is 0.898. The first-order valence-electron chi connectivity index (χ1n) is 7.26. The fourth-order valence-corrected chi connectivity index (χ4v) is 3.51. The number of hydrogen-bond donors (Lipinski definition) is 1. The van der Waals surface area contributed by atoms with Crippen LogP contribution in [0.2, 0.25) is 0 Å². The molecule has 2 atom stereocenters. The SMILES string of the molecule is c1ccc2oc(N[C@H]3CCN4CCCC[C@H]34)nc2c1. The summed E-state index contributed by atoms with van der Waals surface area (Å²) >= 11 is 0. The molecule has 3 heterocycles. The summed E-state index contributed by atoms with van der Waals surface area (Å²) in [5.41, 5.74) is 1.80. The normalized spacial score (nSPS) is 27.6. The second-order valence-electron chi connectivity index (χ2n) is 5.63. The van der Waals surface area contributed by atoms with E-state index in [1.54, 1.807) is 0 Å². The molecule has 2 aliphatic rings. The van der Waals surface area contributed by atoms with E-state index in [-0.39, 0.29) is 0 Å². The summed E-state index contributed by atoms with van der Waals surface area (Å²) in [4.78, 5) is 7.13. The number of nitrogens with zero attached hydrogens (tertiary/aromatic N) is 2. The van der Waals surface area contributed by atoms with E-state index in [2.05, 4.69) is 15.2 Å². The number of fused-ring (bicyclic) bond motifs is 2. The minimum atomic E-state index is 0.494. The molecule has 1 N–H and O–H groups in total. The van der Waals surface area contributed by atoms with Gasteiger partial charge in [0.15, 0.2) is 5.58 Å². The Kier molecular flexibility index (Phi) is 2.69. The van der Waals surface area contributed by atoms with Crippen LogP contribution < -0.4 is 5.32 Å². The first-order valence-corrected chi connectivity index (χ1v) is 7.26. The summed E-state index contributed by atoms with van der Waals surface area (Å²) < 4.78 is 5.77. The second-order valence-corrected chi connectivity index (χ2v) is 5.63. The summed E-state index contributed by atoms with van der Waals surface area (Å²) in [5, 5.41) is 3.51. The predicted octanol–water partition coefficient (Wildman–Crippen LogP) is 2.87. The number of benzene rings is 1. The number of aromatic nitrogens is 1. The summed E-state index contributed by atoms with van der Waals surface area (Å²) in [6, 6.07) is 9.78. The van der Waals surface area contributed by atoms with Crippen LogP contribution in [0.4, 0.5) is 6.01 Å². The molecule has 2 aliphatic heterocycles. The number of hydrogen-bond acceptors (Lipinski definition) is 4. The zero-order valence-corrected chi connectivity index (χ0v) is 11.0. The van der Waals surface area contributed by atoms with Gasteiger partial charge >= 0.3 is 0 Å². The molecule has 0 radical (unpaired) electrons. The minimum Gasteiger partial charge on any atom is -0.424 e. The molecule has 1 aromatic carbocycles. The maximum absolute atomic E-state index is 5.77. The lowest BCUT2D eigenvalue weighted by molar-refractivity contribution is 0.192. The fraction of sp³-hybridized carbons (Fsp3) is 0.533. The summed E-state index contributed by atoms with van der Waals surface area (Å²) in [6.07, 6.45) is 5.21. The molecule has 19 heavy (non-hydrogen) atoms. The standard InChI is InChI=1S/C15H19N3O/c1-2-7-14-12(5-1)17-15(19-14)16-11-8-10-18-9-4-3-6-13(11)18/h1-2,5,7,11,13H,3-4,6,8-10H2,(H,16,17)/t11-,13+/m0/s1. The van der Waals surface area contributed by atoms with E-state index in [9.17, 15) is 0 Å². The number of rotatable bonds is 2. The smallest absolute Gasteiger partial charge is 0.295 e. The Labute approximate surface area is 112 Å². The Hall–Kier alpha value is -1.55. The highest BCUT2D eigenvalue weighted by atomic mass is 16.4. The van der Waals surface area contributed by atoms with Gasteiger partial charge in [0.2, 0.25) is 0 Å². The fourth-order valence-electron chi connectivity index (χ4n) is 3.51. The lowest BCUT2D eigenvalue weighted by Gasteiger charge is -2.32. The van der Waals surface area contributed by atoms with E-state index in [0.29, 0.717) is 18.1 Å². The van der Waals surface area contributed by atoms with Crippen LogP contribution in [0, 0.1) is 0 Å². The summed E-state index contributed by atoms with van der Waals surface area (Å²) in [5.74, 6) is 0.